The van der Waals surface area contributed by atoms with Gasteiger partial charge in [-0.25, -0.2) is 4.79 Å². The number of nitrogens with zero attached hydrogens (tertiary/aromatic N) is 1. The second-order valence-electron chi connectivity index (χ2n) is 8.81. The van der Waals surface area contributed by atoms with Crippen molar-refractivity contribution in [1.29, 1.82) is 0 Å². The van der Waals surface area contributed by atoms with E-state index >= 15 is 0 Å². The summed E-state index contributed by atoms with van der Waals surface area (Å²) in [6, 6.07) is 14.4. The molecule has 2 aromatic carbocycles. The highest BCUT2D eigenvalue weighted by atomic mass is 35.5. The lowest BCUT2D eigenvalue weighted by Gasteiger charge is -2.34. The van der Waals surface area contributed by atoms with Gasteiger partial charge >= 0.3 is 5.97 Å². The number of nitrogens with one attached hydrogen (secondary N) is 1. The van der Waals surface area contributed by atoms with E-state index < -0.39 is 11.9 Å². The van der Waals surface area contributed by atoms with Gasteiger partial charge in [0.05, 0.1) is 18.7 Å². The predicted octanol–water partition coefficient (Wildman–Crippen LogP) is 5.08. The van der Waals surface area contributed by atoms with Gasteiger partial charge in [-0.05, 0) is 55.2 Å². The molecule has 0 aliphatic carbocycles. The van der Waals surface area contributed by atoms with Crippen LogP contribution in [-0.4, -0.2) is 35.8 Å². The summed E-state index contributed by atoms with van der Waals surface area (Å²) in [6.45, 7) is 8.75. The van der Waals surface area contributed by atoms with Crippen LogP contribution in [-0.2, 0) is 20.9 Å². The molecule has 3 rings (SSSR count). The lowest BCUT2D eigenvalue weighted by Crippen LogP contribution is -2.38. The molecule has 0 spiro atoms. The largest absolute Gasteiger partial charge is 0.463 e. The number of hydrogen-bond donors (Lipinski definition) is 1. The third-order valence-electron chi connectivity index (χ3n) is 5.80. The Hall–Kier alpha value is -3.12. The minimum Gasteiger partial charge on any atom is -0.463 e. The fourth-order valence-corrected chi connectivity index (χ4v) is 4.23. The van der Waals surface area contributed by atoms with Gasteiger partial charge < -0.3 is 15.0 Å². The van der Waals surface area contributed by atoms with E-state index in [1.165, 1.54) is 0 Å². The molecule has 7 heteroatoms. The van der Waals surface area contributed by atoms with E-state index in [4.69, 9.17) is 16.3 Å². The number of halogens is 1. The number of rotatable bonds is 8. The second-order valence-corrected chi connectivity index (χ2v) is 9.25. The number of carbonyl (C=O) groups is 3. The molecule has 6 nitrogen and oxygen atoms in total. The first-order chi connectivity index (χ1) is 16.2. The molecule has 1 aliphatic rings. The van der Waals surface area contributed by atoms with E-state index in [1.54, 1.807) is 43.0 Å². The highest BCUT2D eigenvalue weighted by Crippen LogP contribution is 2.38. The zero-order valence-corrected chi connectivity index (χ0v) is 20.8. The maximum Gasteiger partial charge on any atom is 0.336 e. The summed E-state index contributed by atoms with van der Waals surface area (Å²) in [5.41, 5.74) is 3.26. The fourth-order valence-electron chi connectivity index (χ4n) is 4.03. The Morgan fingerprint density at radius 2 is 1.88 bits per heavy atom. The lowest BCUT2D eigenvalue weighted by molar-refractivity contribution is -0.140. The number of amides is 2. The van der Waals surface area contributed by atoms with Crippen molar-refractivity contribution in [3.63, 3.8) is 0 Å². The molecule has 1 atom stereocenters. The first kappa shape index (κ1) is 25.5. The van der Waals surface area contributed by atoms with Crippen LogP contribution in [0.3, 0.4) is 0 Å². The lowest BCUT2D eigenvalue weighted by atomic mass is 9.83. The van der Waals surface area contributed by atoms with Gasteiger partial charge in [0.15, 0.2) is 0 Å². The number of allylic oxidation sites excluding steroid dienone is 1. The standard InChI is InChI=1S/C27H31ClN2O4/c1-5-34-27(33)25-18(4)30(24(31)14-23(25)21-7-6-8-22(28)13-21)16-19-9-11-20(12-10-19)26(32)29-15-17(2)3/h6-13,17,23H,5,14-16H2,1-4H3,(H,29,32). The Labute approximate surface area is 205 Å². The summed E-state index contributed by atoms with van der Waals surface area (Å²) in [7, 11) is 0. The summed E-state index contributed by atoms with van der Waals surface area (Å²) >= 11 is 6.18. The van der Waals surface area contributed by atoms with Gasteiger partial charge in [0.25, 0.3) is 5.91 Å². The minimum atomic E-state index is -0.431. The van der Waals surface area contributed by atoms with Gasteiger partial charge in [-0.15, -0.1) is 0 Å². The van der Waals surface area contributed by atoms with Crippen LogP contribution < -0.4 is 5.32 Å². The molecule has 1 unspecified atom stereocenters. The molecule has 0 saturated heterocycles. The maximum absolute atomic E-state index is 13.2. The highest BCUT2D eigenvalue weighted by molar-refractivity contribution is 6.30. The van der Waals surface area contributed by atoms with Crippen LogP contribution >= 0.6 is 11.6 Å². The molecule has 180 valence electrons. The van der Waals surface area contributed by atoms with Gasteiger partial charge in [-0.3, -0.25) is 9.59 Å². The third kappa shape index (κ3) is 6.06. The number of esters is 1. The molecule has 0 fully saturated rings. The van der Waals surface area contributed by atoms with Crippen LogP contribution in [0.4, 0.5) is 0 Å². The smallest absolute Gasteiger partial charge is 0.336 e. The van der Waals surface area contributed by atoms with Crippen molar-refractivity contribution in [3.05, 3.63) is 81.5 Å². The van der Waals surface area contributed by atoms with Gasteiger partial charge in [-0.1, -0.05) is 49.7 Å². The number of ether oxygens (including phenoxy) is 1. The SMILES string of the molecule is CCOC(=O)C1=C(C)N(Cc2ccc(C(=O)NCC(C)C)cc2)C(=O)CC1c1cccc(Cl)c1. The molecule has 0 aromatic heterocycles. The molecule has 0 radical (unpaired) electrons. The Balaban J connectivity index is 1.87. The van der Waals surface area contributed by atoms with Crippen molar-refractivity contribution in [1.82, 2.24) is 10.2 Å². The van der Waals surface area contributed by atoms with Crippen molar-refractivity contribution >= 4 is 29.4 Å². The van der Waals surface area contributed by atoms with Crippen LogP contribution in [0, 0.1) is 5.92 Å². The van der Waals surface area contributed by atoms with Gasteiger partial charge in [0.1, 0.15) is 0 Å². The molecular weight excluding hydrogens is 452 g/mol. The summed E-state index contributed by atoms with van der Waals surface area (Å²) in [4.78, 5) is 40.0. The molecule has 1 aliphatic heterocycles. The number of hydrogen-bond acceptors (Lipinski definition) is 4. The zero-order valence-electron chi connectivity index (χ0n) is 20.1. The first-order valence-corrected chi connectivity index (χ1v) is 11.9. The van der Waals surface area contributed by atoms with E-state index in [9.17, 15) is 14.4 Å². The average molecular weight is 483 g/mol. The van der Waals surface area contributed by atoms with Crippen LogP contribution in [0.15, 0.2) is 59.8 Å². The molecule has 1 N–H and O–H groups in total. The van der Waals surface area contributed by atoms with Gasteiger partial charge in [0, 0.05) is 35.2 Å². The molecule has 1 heterocycles. The fraction of sp³-hybridized carbons (Fsp3) is 0.370. The van der Waals surface area contributed by atoms with E-state index in [2.05, 4.69) is 5.32 Å². The monoisotopic (exact) mass is 482 g/mol. The Morgan fingerprint density at radius 1 is 1.18 bits per heavy atom. The summed E-state index contributed by atoms with van der Waals surface area (Å²) in [5.74, 6) is -0.700. The van der Waals surface area contributed by atoms with Crippen molar-refractivity contribution in [2.24, 2.45) is 5.92 Å². The molecule has 2 amide bonds. The Bertz CT molecular complexity index is 1090. The average Bonchev–Trinajstić information content (AvgIpc) is 2.80. The summed E-state index contributed by atoms with van der Waals surface area (Å²) in [5, 5.41) is 3.44. The van der Waals surface area contributed by atoms with E-state index in [0.717, 1.165) is 11.1 Å². The zero-order chi connectivity index (χ0) is 24.8. The summed E-state index contributed by atoms with van der Waals surface area (Å²) < 4.78 is 5.34. The van der Waals surface area contributed by atoms with Crippen molar-refractivity contribution < 1.29 is 19.1 Å². The van der Waals surface area contributed by atoms with Crippen molar-refractivity contribution in [3.8, 4) is 0 Å². The molecular formula is C27H31ClN2O4. The summed E-state index contributed by atoms with van der Waals surface area (Å²) in [6.07, 6.45) is 0.140. The van der Waals surface area contributed by atoms with E-state index in [0.29, 0.717) is 40.9 Å². The second kappa shape index (κ2) is 11.3. The van der Waals surface area contributed by atoms with Crippen LogP contribution in [0.2, 0.25) is 5.02 Å². The van der Waals surface area contributed by atoms with Gasteiger partial charge in [-0.2, -0.15) is 0 Å². The molecule has 34 heavy (non-hydrogen) atoms. The topological polar surface area (TPSA) is 75.7 Å². The van der Waals surface area contributed by atoms with E-state index in [1.807, 2.05) is 38.1 Å². The van der Waals surface area contributed by atoms with Crippen LogP contribution in [0.25, 0.3) is 0 Å². The molecule has 0 bridgehead atoms. The Morgan fingerprint density at radius 3 is 2.50 bits per heavy atom. The molecule has 2 aromatic rings. The quantitative estimate of drug-likeness (QED) is 0.532. The first-order valence-electron chi connectivity index (χ1n) is 11.5. The van der Waals surface area contributed by atoms with Crippen molar-refractivity contribution in [2.45, 2.75) is 46.6 Å². The predicted molar refractivity (Wildman–Crippen MR) is 132 cm³/mol. The molecule has 0 saturated carbocycles. The van der Waals surface area contributed by atoms with Crippen LogP contribution in [0.1, 0.15) is 61.5 Å². The third-order valence-corrected chi connectivity index (χ3v) is 6.03. The maximum atomic E-state index is 13.2. The minimum absolute atomic E-state index is 0.0886. The Kier molecular flexibility index (Phi) is 8.51. The van der Waals surface area contributed by atoms with Crippen LogP contribution in [0.5, 0.6) is 0 Å². The highest BCUT2D eigenvalue weighted by Gasteiger charge is 2.37. The van der Waals surface area contributed by atoms with Crippen molar-refractivity contribution in [2.75, 3.05) is 13.2 Å². The van der Waals surface area contributed by atoms with E-state index in [-0.39, 0.29) is 24.8 Å². The number of carbonyl (C=O) groups excluding carboxylic acids is 3. The normalized spacial score (nSPS) is 16.1. The van der Waals surface area contributed by atoms with Gasteiger partial charge in [0.2, 0.25) is 5.91 Å². The number of benzene rings is 2.